The predicted molar refractivity (Wildman–Crippen MR) is 137 cm³/mol. The molecule has 36 heavy (non-hydrogen) atoms. The third-order valence-electron chi connectivity index (χ3n) is 5.85. The fourth-order valence-corrected chi connectivity index (χ4v) is 4.25. The van der Waals surface area contributed by atoms with Gasteiger partial charge in [0.1, 0.15) is 17.2 Å². The topological polar surface area (TPSA) is 86.1 Å². The van der Waals surface area contributed by atoms with Gasteiger partial charge in [-0.05, 0) is 43.3 Å². The molecular formula is C25H26Cl2N4O5. The molecule has 0 unspecified atom stereocenters. The van der Waals surface area contributed by atoms with Crippen molar-refractivity contribution in [3.05, 3.63) is 58.2 Å². The minimum atomic E-state index is -0.376. The van der Waals surface area contributed by atoms with Crippen molar-refractivity contribution < 1.29 is 23.8 Å². The zero-order chi connectivity index (χ0) is 25.8. The monoisotopic (exact) mass is 532 g/mol. The minimum absolute atomic E-state index is 0.226. The summed E-state index contributed by atoms with van der Waals surface area (Å²) in [4.78, 5) is 29.0. The highest BCUT2D eigenvalue weighted by molar-refractivity contribution is 6.42. The quantitative estimate of drug-likeness (QED) is 0.454. The lowest BCUT2D eigenvalue weighted by Gasteiger charge is -2.34. The molecule has 1 aromatic heterocycles. The highest BCUT2D eigenvalue weighted by Gasteiger charge is 2.29. The number of methoxy groups -OCH3 is 2. The Labute approximate surface area is 219 Å². The fraction of sp³-hybridized carbons (Fsp3) is 0.320. The molecule has 2 amide bonds. The van der Waals surface area contributed by atoms with E-state index in [1.807, 2.05) is 6.07 Å². The van der Waals surface area contributed by atoms with E-state index in [9.17, 15) is 9.59 Å². The van der Waals surface area contributed by atoms with E-state index in [1.54, 1.807) is 72.0 Å². The van der Waals surface area contributed by atoms with Crippen LogP contribution in [-0.4, -0.2) is 78.6 Å². The van der Waals surface area contributed by atoms with Crippen LogP contribution in [-0.2, 0) is 4.74 Å². The molecule has 2 aromatic carbocycles. The maximum atomic E-state index is 13.7. The molecule has 0 saturated carbocycles. The summed E-state index contributed by atoms with van der Waals surface area (Å²) in [7, 11) is 3.13. The summed E-state index contributed by atoms with van der Waals surface area (Å²) in [6.07, 6.45) is -0.376. The molecule has 1 saturated heterocycles. The number of nitrogens with zero attached hydrogens (tertiary/aromatic N) is 4. The summed E-state index contributed by atoms with van der Waals surface area (Å²) in [6.45, 7) is 3.56. The lowest BCUT2D eigenvalue weighted by atomic mass is 10.1. The molecule has 9 nitrogen and oxygen atoms in total. The molecular weight excluding hydrogens is 507 g/mol. The third-order valence-corrected chi connectivity index (χ3v) is 6.59. The first-order valence-electron chi connectivity index (χ1n) is 11.3. The van der Waals surface area contributed by atoms with Gasteiger partial charge in [0, 0.05) is 37.8 Å². The SMILES string of the molecule is CCOC(=O)N1CCN(C(=O)c2cc(-c3ccc(OC)cc3OC)nn2-c2ccc(Cl)c(Cl)c2)CC1. The van der Waals surface area contributed by atoms with Crippen molar-refractivity contribution in [1.29, 1.82) is 0 Å². The molecule has 1 fully saturated rings. The summed E-state index contributed by atoms with van der Waals surface area (Å²) in [5.74, 6) is 0.960. The second-order valence-electron chi connectivity index (χ2n) is 7.97. The molecule has 11 heteroatoms. The second-order valence-corrected chi connectivity index (χ2v) is 8.78. The van der Waals surface area contributed by atoms with Crippen molar-refractivity contribution in [2.75, 3.05) is 47.0 Å². The molecule has 190 valence electrons. The van der Waals surface area contributed by atoms with Crippen LogP contribution in [0.3, 0.4) is 0 Å². The molecule has 0 atom stereocenters. The van der Waals surface area contributed by atoms with Crippen molar-refractivity contribution in [2.24, 2.45) is 0 Å². The number of piperazine rings is 1. The van der Waals surface area contributed by atoms with Gasteiger partial charge in [-0.2, -0.15) is 5.10 Å². The number of benzene rings is 2. The van der Waals surface area contributed by atoms with Crippen molar-refractivity contribution in [1.82, 2.24) is 19.6 Å². The van der Waals surface area contributed by atoms with Crippen LogP contribution in [0.2, 0.25) is 10.0 Å². The average Bonchev–Trinajstić information content (AvgIpc) is 3.35. The van der Waals surface area contributed by atoms with Crippen LogP contribution in [0.1, 0.15) is 17.4 Å². The number of carbonyl (C=O) groups excluding carboxylic acids is 2. The Bertz CT molecular complexity index is 1270. The van der Waals surface area contributed by atoms with Gasteiger partial charge in [0.15, 0.2) is 0 Å². The highest BCUT2D eigenvalue weighted by Crippen LogP contribution is 2.34. The average molecular weight is 533 g/mol. The number of rotatable bonds is 6. The third kappa shape index (κ3) is 5.22. The number of carbonyl (C=O) groups is 2. The van der Waals surface area contributed by atoms with Gasteiger partial charge in [-0.1, -0.05) is 23.2 Å². The van der Waals surface area contributed by atoms with Crippen molar-refractivity contribution in [3.8, 4) is 28.4 Å². The largest absolute Gasteiger partial charge is 0.497 e. The number of hydrogen-bond acceptors (Lipinski definition) is 6. The predicted octanol–water partition coefficient (Wildman–Crippen LogP) is 4.78. The van der Waals surface area contributed by atoms with Gasteiger partial charge in [0.2, 0.25) is 0 Å². The second kappa shape index (κ2) is 11.1. The summed E-state index contributed by atoms with van der Waals surface area (Å²) in [6, 6.07) is 12.1. The number of amides is 2. The van der Waals surface area contributed by atoms with Gasteiger partial charge in [-0.15, -0.1) is 0 Å². The first-order chi connectivity index (χ1) is 17.4. The first kappa shape index (κ1) is 25.7. The number of halogens is 2. The van der Waals surface area contributed by atoms with E-state index in [2.05, 4.69) is 0 Å². The molecule has 4 rings (SSSR count). The van der Waals surface area contributed by atoms with Crippen LogP contribution in [0, 0.1) is 0 Å². The molecule has 0 aliphatic carbocycles. The van der Waals surface area contributed by atoms with Gasteiger partial charge in [-0.3, -0.25) is 4.79 Å². The van der Waals surface area contributed by atoms with Gasteiger partial charge < -0.3 is 24.0 Å². The Hall–Kier alpha value is -3.43. The van der Waals surface area contributed by atoms with E-state index >= 15 is 0 Å². The molecule has 0 spiro atoms. The molecule has 2 heterocycles. The Morgan fingerprint density at radius 1 is 0.917 bits per heavy atom. The van der Waals surface area contributed by atoms with Crippen molar-refractivity contribution >= 4 is 35.2 Å². The van der Waals surface area contributed by atoms with Crippen LogP contribution in [0.5, 0.6) is 11.5 Å². The zero-order valence-electron chi connectivity index (χ0n) is 20.2. The summed E-state index contributed by atoms with van der Waals surface area (Å²) >= 11 is 12.4. The van der Waals surface area contributed by atoms with Gasteiger partial charge >= 0.3 is 6.09 Å². The molecule has 0 bridgehead atoms. The van der Waals surface area contributed by atoms with Gasteiger partial charge in [-0.25, -0.2) is 9.48 Å². The van der Waals surface area contributed by atoms with E-state index in [0.29, 0.717) is 77.0 Å². The smallest absolute Gasteiger partial charge is 0.409 e. The molecule has 0 radical (unpaired) electrons. The maximum Gasteiger partial charge on any atom is 0.409 e. The van der Waals surface area contributed by atoms with E-state index in [4.69, 9.17) is 42.5 Å². The first-order valence-corrected chi connectivity index (χ1v) is 12.1. The van der Waals surface area contributed by atoms with Crippen molar-refractivity contribution in [3.63, 3.8) is 0 Å². The van der Waals surface area contributed by atoms with Crippen molar-refractivity contribution in [2.45, 2.75) is 6.92 Å². The van der Waals surface area contributed by atoms with E-state index in [1.165, 1.54) is 0 Å². The number of hydrogen-bond donors (Lipinski definition) is 0. The molecule has 1 aliphatic rings. The van der Waals surface area contributed by atoms with E-state index in [-0.39, 0.29) is 12.0 Å². The number of ether oxygens (including phenoxy) is 3. The van der Waals surface area contributed by atoms with Crippen LogP contribution >= 0.6 is 23.2 Å². The molecule has 1 aliphatic heterocycles. The Morgan fingerprint density at radius 2 is 1.64 bits per heavy atom. The summed E-state index contributed by atoms with van der Waals surface area (Å²) in [5.41, 5.74) is 2.15. The van der Waals surface area contributed by atoms with Gasteiger partial charge in [0.25, 0.3) is 5.91 Å². The summed E-state index contributed by atoms with van der Waals surface area (Å²) in [5, 5.41) is 5.47. The minimum Gasteiger partial charge on any atom is -0.497 e. The lowest BCUT2D eigenvalue weighted by molar-refractivity contribution is 0.0563. The number of aromatic nitrogens is 2. The highest BCUT2D eigenvalue weighted by atomic mass is 35.5. The van der Waals surface area contributed by atoms with Crippen LogP contribution in [0.25, 0.3) is 16.9 Å². The summed E-state index contributed by atoms with van der Waals surface area (Å²) < 4.78 is 17.5. The standard InChI is InChI=1S/C25H26Cl2N4O5/c1-4-36-25(33)30-11-9-29(10-12-30)24(32)22-15-21(18-7-6-17(34-2)14-23(18)35-3)28-31(22)16-5-8-19(26)20(27)13-16/h5-8,13-15H,4,9-12H2,1-3H3. The lowest BCUT2D eigenvalue weighted by Crippen LogP contribution is -2.51. The fourth-order valence-electron chi connectivity index (χ4n) is 3.96. The molecule has 0 N–H and O–H groups in total. The Morgan fingerprint density at radius 3 is 2.28 bits per heavy atom. The maximum absolute atomic E-state index is 13.7. The Kier molecular flexibility index (Phi) is 7.91. The van der Waals surface area contributed by atoms with Crippen LogP contribution in [0.15, 0.2) is 42.5 Å². The normalized spacial score (nSPS) is 13.5. The van der Waals surface area contributed by atoms with Crippen LogP contribution in [0.4, 0.5) is 4.79 Å². The van der Waals surface area contributed by atoms with Gasteiger partial charge in [0.05, 0.1) is 42.3 Å². The van der Waals surface area contributed by atoms with Crippen LogP contribution < -0.4 is 9.47 Å². The van der Waals surface area contributed by atoms with E-state index < -0.39 is 0 Å². The zero-order valence-corrected chi connectivity index (χ0v) is 21.7. The van der Waals surface area contributed by atoms with E-state index in [0.717, 1.165) is 0 Å². The molecule has 3 aromatic rings. The Balaban J connectivity index is 1.71.